The van der Waals surface area contributed by atoms with Gasteiger partial charge in [0, 0.05) is 24.0 Å². The van der Waals surface area contributed by atoms with Gasteiger partial charge >= 0.3 is 6.18 Å². The Balaban J connectivity index is 1.75. The number of alkyl halides is 3. The standard InChI is InChI=1S/C26H31F3N6O2S/c1-25(2,3)37-20-8-7-18(33-23(36)19-15-38-24(34-19)17-9-10-31-32-13-17)22(21(20)26(27,28)29)35-11-5-6-16(14-35)12-30-4/h7-10,13,15-16,30H,5-6,11-12,14H2,1-4H3,(H,33,36)/t16-/m0/s1. The Hall–Kier alpha value is -3.25. The second kappa shape index (κ2) is 11.2. The van der Waals surface area contributed by atoms with Gasteiger partial charge in [0.25, 0.3) is 5.91 Å². The van der Waals surface area contributed by atoms with E-state index >= 15 is 0 Å². The molecular formula is C26H31F3N6O2S. The summed E-state index contributed by atoms with van der Waals surface area (Å²) in [6.07, 6.45) is -0.0295. The molecule has 1 fully saturated rings. The van der Waals surface area contributed by atoms with Gasteiger partial charge in [0.2, 0.25) is 0 Å². The molecule has 0 radical (unpaired) electrons. The number of benzene rings is 1. The van der Waals surface area contributed by atoms with Gasteiger partial charge in [0.05, 0.1) is 23.8 Å². The van der Waals surface area contributed by atoms with E-state index in [9.17, 15) is 18.0 Å². The number of carbonyl (C=O) groups excluding carboxylic acids is 1. The number of thiazole rings is 1. The molecule has 1 aliphatic heterocycles. The van der Waals surface area contributed by atoms with Crippen LogP contribution in [0.3, 0.4) is 0 Å². The number of hydrogen-bond acceptors (Lipinski definition) is 8. The van der Waals surface area contributed by atoms with Crippen molar-refractivity contribution < 1.29 is 22.7 Å². The van der Waals surface area contributed by atoms with Crippen LogP contribution in [0.5, 0.6) is 5.75 Å². The molecular weight excluding hydrogens is 517 g/mol. The zero-order valence-electron chi connectivity index (χ0n) is 21.7. The maximum absolute atomic E-state index is 14.7. The number of piperidine rings is 1. The molecule has 2 aromatic heterocycles. The van der Waals surface area contributed by atoms with Gasteiger partial charge in [-0.05, 0) is 71.3 Å². The van der Waals surface area contributed by atoms with E-state index in [4.69, 9.17) is 4.74 Å². The summed E-state index contributed by atoms with van der Waals surface area (Å²) < 4.78 is 49.8. The Bertz CT molecular complexity index is 1260. The molecule has 0 saturated carbocycles. The first kappa shape index (κ1) is 27.8. The van der Waals surface area contributed by atoms with Crippen molar-refractivity contribution in [2.24, 2.45) is 5.92 Å². The molecule has 12 heteroatoms. The number of anilines is 2. The molecule has 3 heterocycles. The van der Waals surface area contributed by atoms with Crippen LogP contribution >= 0.6 is 11.3 Å². The molecule has 38 heavy (non-hydrogen) atoms. The first-order chi connectivity index (χ1) is 18.0. The van der Waals surface area contributed by atoms with Gasteiger partial charge in [0.15, 0.2) is 0 Å². The molecule has 1 saturated heterocycles. The number of amides is 1. The SMILES string of the molecule is CNC[C@@H]1CCCN(c2c(NC(=O)c3csc(-c4ccnnc4)n3)ccc(OC(C)(C)C)c2C(F)(F)F)C1. The number of nitrogens with one attached hydrogen (secondary N) is 2. The lowest BCUT2D eigenvalue weighted by Crippen LogP contribution is -2.40. The van der Waals surface area contributed by atoms with E-state index in [0.29, 0.717) is 30.2 Å². The van der Waals surface area contributed by atoms with Crippen molar-refractivity contribution in [1.29, 1.82) is 0 Å². The van der Waals surface area contributed by atoms with Gasteiger partial charge in [-0.3, -0.25) is 4.79 Å². The second-order valence-corrected chi connectivity index (χ2v) is 11.0. The minimum atomic E-state index is -4.71. The lowest BCUT2D eigenvalue weighted by atomic mass is 9.96. The van der Waals surface area contributed by atoms with Gasteiger partial charge in [-0.1, -0.05) is 0 Å². The summed E-state index contributed by atoms with van der Waals surface area (Å²) >= 11 is 1.24. The normalized spacial score (nSPS) is 16.4. The van der Waals surface area contributed by atoms with Crippen molar-refractivity contribution in [3.63, 3.8) is 0 Å². The summed E-state index contributed by atoms with van der Waals surface area (Å²) in [5.41, 5.74) is -0.967. The summed E-state index contributed by atoms with van der Waals surface area (Å²) in [5.74, 6) is -0.701. The van der Waals surface area contributed by atoms with E-state index < -0.39 is 23.2 Å². The third-order valence-electron chi connectivity index (χ3n) is 5.98. The molecule has 1 aromatic carbocycles. The van der Waals surface area contributed by atoms with Crippen molar-refractivity contribution >= 4 is 28.6 Å². The van der Waals surface area contributed by atoms with Gasteiger partial charge in [-0.25, -0.2) is 4.98 Å². The molecule has 0 spiro atoms. The lowest BCUT2D eigenvalue weighted by Gasteiger charge is -2.37. The van der Waals surface area contributed by atoms with Crippen LogP contribution < -0.4 is 20.3 Å². The van der Waals surface area contributed by atoms with Gasteiger partial charge in [0.1, 0.15) is 27.6 Å². The number of ether oxygens (including phenoxy) is 1. The summed E-state index contributed by atoms with van der Waals surface area (Å²) in [5, 5.41) is 15.5. The van der Waals surface area contributed by atoms with Crippen molar-refractivity contribution in [1.82, 2.24) is 20.5 Å². The summed E-state index contributed by atoms with van der Waals surface area (Å²) in [7, 11) is 1.83. The monoisotopic (exact) mass is 548 g/mol. The Labute approximate surface area is 223 Å². The highest BCUT2D eigenvalue weighted by Crippen LogP contribution is 2.48. The van der Waals surface area contributed by atoms with Crippen LogP contribution in [0, 0.1) is 5.92 Å². The van der Waals surface area contributed by atoms with E-state index in [1.54, 1.807) is 37.1 Å². The molecule has 4 rings (SSSR count). The molecule has 3 aromatic rings. The van der Waals surface area contributed by atoms with Crippen molar-refractivity contribution in [2.45, 2.75) is 45.4 Å². The second-order valence-electron chi connectivity index (χ2n) is 10.2. The highest BCUT2D eigenvalue weighted by molar-refractivity contribution is 7.13. The molecule has 0 aliphatic carbocycles. The Morgan fingerprint density at radius 1 is 1.21 bits per heavy atom. The fourth-order valence-electron chi connectivity index (χ4n) is 4.53. The number of aromatic nitrogens is 3. The van der Waals surface area contributed by atoms with E-state index in [1.165, 1.54) is 35.9 Å². The fraction of sp³-hybridized carbons (Fsp3) is 0.462. The highest BCUT2D eigenvalue weighted by atomic mass is 32.1. The maximum Gasteiger partial charge on any atom is 0.422 e. The van der Waals surface area contributed by atoms with E-state index in [-0.39, 0.29) is 28.7 Å². The predicted octanol–water partition coefficient (Wildman–Crippen LogP) is 5.48. The van der Waals surface area contributed by atoms with Crippen LogP contribution in [0.15, 0.2) is 36.0 Å². The minimum Gasteiger partial charge on any atom is -0.487 e. The number of rotatable bonds is 7. The van der Waals surface area contributed by atoms with E-state index in [2.05, 4.69) is 25.8 Å². The number of nitrogens with zero attached hydrogens (tertiary/aromatic N) is 4. The molecule has 0 bridgehead atoms. The molecule has 1 aliphatic rings. The first-order valence-electron chi connectivity index (χ1n) is 12.3. The quantitative estimate of drug-likeness (QED) is 0.404. The average molecular weight is 549 g/mol. The topological polar surface area (TPSA) is 92.3 Å². The number of carbonyl (C=O) groups is 1. The van der Waals surface area contributed by atoms with Crippen LogP contribution in [-0.2, 0) is 6.18 Å². The third-order valence-corrected chi connectivity index (χ3v) is 6.87. The third kappa shape index (κ3) is 6.60. The molecule has 1 atom stereocenters. The fourth-order valence-corrected chi connectivity index (χ4v) is 5.32. The number of hydrogen-bond donors (Lipinski definition) is 2. The van der Waals surface area contributed by atoms with Gasteiger partial charge < -0.3 is 20.3 Å². The highest BCUT2D eigenvalue weighted by Gasteiger charge is 2.42. The van der Waals surface area contributed by atoms with E-state index in [0.717, 1.165) is 12.8 Å². The predicted molar refractivity (Wildman–Crippen MR) is 142 cm³/mol. The Morgan fingerprint density at radius 2 is 2.00 bits per heavy atom. The summed E-state index contributed by atoms with van der Waals surface area (Å²) in [6.45, 7) is 6.63. The minimum absolute atomic E-state index is 0.0637. The van der Waals surface area contributed by atoms with Crippen LogP contribution in [-0.4, -0.2) is 53.4 Å². The van der Waals surface area contributed by atoms with Crippen LogP contribution in [0.1, 0.15) is 49.7 Å². The zero-order valence-corrected chi connectivity index (χ0v) is 22.5. The Morgan fingerprint density at radius 3 is 2.66 bits per heavy atom. The largest absolute Gasteiger partial charge is 0.487 e. The smallest absolute Gasteiger partial charge is 0.422 e. The van der Waals surface area contributed by atoms with E-state index in [1.807, 2.05) is 7.05 Å². The summed E-state index contributed by atoms with van der Waals surface area (Å²) in [6, 6.07) is 4.47. The van der Waals surface area contributed by atoms with Crippen molar-refractivity contribution in [3.8, 4) is 16.3 Å². The van der Waals surface area contributed by atoms with Gasteiger partial charge in [-0.15, -0.1) is 11.3 Å². The van der Waals surface area contributed by atoms with Crippen LogP contribution in [0.2, 0.25) is 0 Å². The molecule has 0 unspecified atom stereocenters. The Kier molecular flexibility index (Phi) is 8.22. The lowest BCUT2D eigenvalue weighted by molar-refractivity contribution is -0.139. The van der Waals surface area contributed by atoms with Crippen molar-refractivity contribution in [3.05, 3.63) is 47.2 Å². The number of halogens is 3. The molecule has 204 valence electrons. The van der Waals surface area contributed by atoms with Gasteiger partial charge in [-0.2, -0.15) is 23.4 Å². The molecule has 1 amide bonds. The average Bonchev–Trinajstić information content (AvgIpc) is 3.35. The van der Waals surface area contributed by atoms with Crippen molar-refractivity contribution in [2.75, 3.05) is 36.9 Å². The molecule has 8 nitrogen and oxygen atoms in total. The molecule has 2 N–H and O–H groups in total. The maximum atomic E-state index is 14.7. The van der Waals surface area contributed by atoms with Crippen LogP contribution in [0.25, 0.3) is 10.6 Å². The van der Waals surface area contributed by atoms with Crippen LogP contribution in [0.4, 0.5) is 24.5 Å². The first-order valence-corrected chi connectivity index (χ1v) is 13.2. The summed E-state index contributed by atoms with van der Waals surface area (Å²) in [4.78, 5) is 19.3. The zero-order chi connectivity index (χ0) is 27.5.